The molecule has 0 saturated heterocycles. The Hall–Kier alpha value is 0.480. The van der Waals surface area contributed by atoms with E-state index >= 15 is 0 Å². The van der Waals surface area contributed by atoms with Crippen LogP contribution in [0.15, 0.2) is 0 Å². The minimum absolute atomic E-state index is 0.829. The molecule has 1 aliphatic carbocycles. The lowest BCUT2D eigenvalue weighted by atomic mass is 9.85. The molecule has 0 aromatic rings. The monoisotopic (exact) mass is 302 g/mol. The molecule has 2 unspecified atom stereocenters. The van der Waals surface area contributed by atoms with Crippen molar-refractivity contribution in [2.45, 2.75) is 95.2 Å². The van der Waals surface area contributed by atoms with Crippen molar-refractivity contribution in [2.24, 2.45) is 5.92 Å². The van der Waals surface area contributed by atoms with Crippen LogP contribution in [0.3, 0.4) is 0 Å². The number of rotatable bonds is 9. The van der Waals surface area contributed by atoms with Crippen molar-refractivity contribution in [2.75, 3.05) is 0 Å². The van der Waals surface area contributed by atoms with Crippen molar-refractivity contribution in [1.29, 1.82) is 0 Å². The topological polar surface area (TPSA) is 0 Å². The summed E-state index contributed by atoms with van der Waals surface area (Å²) in [5.74, 6) is 1.04. The first-order valence-corrected chi connectivity index (χ1v) is 8.88. The highest BCUT2D eigenvalue weighted by Crippen LogP contribution is 2.32. The molecular weight excluding hydrogens is 272 g/mol. The average molecular weight is 303 g/mol. The number of alkyl halides is 1. The molecule has 0 aromatic carbocycles. The fourth-order valence-corrected chi connectivity index (χ4v) is 3.91. The fraction of sp³-hybridized carbons (Fsp3) is 1.00. The second kappa shape index (κ2) is 10.4. The van der Waals surface area contributed by atoms with Gasteiger partial charge in [-0.15, -0.1) is 0 Å². The van der Waals surface area contributed by atoms with Gasteiger partial charge in [-0.2, -0.15) is 0 Å². The Morgan fingerprint density at radius 3 is 2.18 bits per heavy atom. The van der Waals surface area contributed by atoms with E-state index in [2.05, 4.69) is 22.9 Å². The van der Waals surface area contributed by atoms with E-state index in [0.717, 1.165) is 10.7 Å². The van der Waals surface area contributed by atoms with Gasteiger partial charge in [-0.3, -0.25) is 0 Å². The SMILES string of the molecule is CCCCCCCCCCC1CCCC(Br)C1. The number of hydrogen-bond acceptors (Lipinski definition) is 0. The summed E-state index contributed by atoms with van der Waals surface area (Å²) in [6, 6.07) is 0. The van der Waals surface area contributed by atoms with Gasteiger partial charge in [0, 0.05) is 4.83 Å². The first kappa shape index (κ1) is 15.5. The van der Waals surface area contributed by atoms with E-state index in [1.807, 2.05) is 0 Å². The second-order valence-corrected chi connectivity index (χ2v) is 7.19. The minimum Gasteiger partial charge on any atom is -0.0891 e. The molecule has 1 aliphatic rings. The van der Waals surface area contributed by atoms with Crippen LogP contribution in [-0.2, 0) is 0 Å². The lowest BCUT2D eigenvalue weighted by Crippen LogP contribution is -2.14. The van der Waals surface area contributed by atoms with Crippen LogP contribution < -0.4 is 0 Å². The zero-order chi connectivity index (χ0) is 12.3. The van der Waals surface area contributed by atoms with E-state index in [0.29, 0.717) is 0 Å². The molecule has 2 atom stereocenters. The van der Waals surface area contributed by atoms with Crippen LogP contribution in [-0.4, -0.2) is 4.83 Å². The van der Waals surface area contributed by atoms with Crippen LogP contribution in [0, 0.1) is 5.92 Å². The Morgan fingerprint density at radius 1 is 0.882 bits per heavy atom. The lowest BCUT2D eigenvalue weighted by molar-refractivity contribution is 0.337. The van der Waals surface area contributed by atoms with Gasteiger partial charge in [-0.25, -0.2) is 0 Å². The molecule has 0 heterocycles. The van der Waals surface area contributed by atoms with Gasteiger partial charge in [-0.05, 0) is 18.8 Å². The number of unbranched alkanes of at least 4 members (excludes halogenated alkanes) is 7. The quantitative estimate of drug-likeness (QED) is 0.338. The van der Waals surface area contributed by atoms with Crippen molar-refractivity contribution in [3.8, 4) is 0 Å². The number of halogens is 1. The third-order valence-electron chi connectivity index (χ3n) is 4.18. The van der Waals surface area contributed by atoms with E-state index in [1.54, 1.807) is 0 Å². The molecule has 1 heteroatoms. The van der Waals surface area contributed by atoms with Crippen LogP contribution in [0.1, 0.15) is 90.4 Å². The van der Waals surface area contributed by atoms with E-state index < -0.39 is 0 Å². The summed E-state index contributed by atoms with van der Waals surface area (Å²) >= 11 is 3.79. The smallest absolute Gasteiger partial charge is 0.0148 e. The Kier molecular flexibility index (Phi) is 9.51. The van der Waals surface area contributed by atoms with Gasteiger partial charge in [0.15, 0.2) is 0 Å². The summed E-state index contributed by atoms with van der Waals surface area (Å²) in [6.07, 6.45) is 19.0. The molecule has 0 N–H and O–H groups in total. The van der Waals surface area contributed by atoms with Gasteiger partial charge in [0.05, 0.1) is 0 Å². The molecule has 1 rings (SSSR count). The van der Waals surface area contributed by atoms with Gasteiger partial charge in [0.25, 0.3) is 0 Å². The summed E-state index contributed by atoms with van der Waals surface area (Å²) in [4.78, 5) is 0.829. The summed E-state index contributed by atoms with van der Waals surface area (Å²) in [5.41, 5.74) is 0. The summed E-state index contributed by atoms with van der Waals surface area (Å²) in [5, 5.41) is 0. The van der Waals surface area contributed by atoms with Gasteiger partial charge < -0.3 is 0 Å². The standard InChI is InChI=1S/C16H31Br/c1-2-3-4-5-6-7-8-9-11-15-12-10-13-16(17)14-15/h15-16H,2-14H2,1H3. The van der Waals surface area contributed by atoms with Gasteiger partial charge in [-0.1, -0.05) is 93.5 Å². The Bertz CT molecular complexity index is 167. The highest BCUT2D eigenvalue weighted by molar-refractivity contribution is 9.09. The van der Waals surface area contributed by atoms with Crippen molar-refractivity contribution >= 4 is 15.9 Å². The molecule has 0 spiro atoms. The zero-order valence-corrected chi connectivity index (χ0v) is 13.3. The van der Waals surface area contributed by atoms with Crippen LogP contribution in [0.4, 0.5) is 0 Å². The van der Waals surface area contributed by atoms with Gasteiger partial charge in [0.1, 0.15) is 0 Å². The zero-order valence-electron chi connectivity index (χ0n) is 11.7. The van der Waals surface area contributed by atoms with Crippen LogP contribution in [0.25, 0.3) is 0 Å². The third-order valence-corrected chi connectivity index (χ3v) is 5.02. The molecule has 0 radical (unpaired) electrons. The highest BCUT2D eigenvalue weighted by atomic mass is 79.9. The van der Waals surface area contributed by atoms with Crippen LogP contribution in [0.5, 0.6) is 0 Å². The normalized spacial score (nSPS) is 25.1. The summed E-state index contributed by atoms with van der Waals surface area (Å²) in [6.45, 7) is 2.29. The molecule has 0 nitrogen and oxygen atoms in total. The van der Waals surface area contributed by atoms with Crippen molar-refractivity contribution in [3.05, 3.63) is 0 Å². The van der Waals surface area contributed by atoms with Crippen molar-refractivity contribution < 1.29 is 0 Å². The maximum atomic E-state index is 3.79. The first-order chi connectivity index (χ1) is 8.33. The Morgan fingerprint density at radius 2 is 1.53 bits per heavy atom. The first-order valence-electron chi connectivity index (χ1n) is 7.97. The predicted molar refractivity (Wildman–Crippen MR) is 81.9 cm³/mol. The Labute approximate surface area is 117 Å². The van der Waals surface area contributed by atoms with E-state index in [9.17, 15) is 0 Å². The summed E-state index contributed by atoms with van der Waals surface area (Å²) < 4.78 is 0. The van der Waals surface area contributed by atoms with Gasteiger partial charge in [0.2, 0.25) is 0 Å². The van der Waals surface area contributed by atoms with Crippen molar-refractivity contribution in [1.82, 2.24) is 0 Å². The second-order valence-electron chi connectivity index (χ2n) is 5.89. The molecule has 1 fully saturated rings. The van der Waals surface area contributed by atoms with Gasteiger partial charge >= 0.3 is 0 Å². The van der Waals surface area contributed by atoms with Crippen LogP contribution >= 0.6 is 15.9 Å². The van der Waals surface area contributed by atoms with E-state index in [4.69, 9.17) is 0 Å². The molecule has 0 amide bonds. The molecule has 17 heavy (non-hydrogen) atoms. The molecule has 1 saturated carbocycles. The predicted octanol–water partition coefficient (Wildman–Crippen LogP) is 6.47. The fourth-order valence-electron chi connectivity index (χ4n) is 3.05. The molecule has 102 valence electrons. The van der Waals surface area contributed by atoms with E-state index in [-0.39, 0.29) is 0 Å². The molecule has 0 aromatic heterocycles. The minimum atomic E-state index is 0.829. The maximum Gasteiger partial charge on any atom is 0.0148 e. The molecule has 0 aliphatic heterocycles. The molecule has 0 bridgehead atoms. The maximum absolute atomic E-state index is 3.79. The third kappa shape index (κ3) is 8.24. The largest absolute Gasteiger partial charge is 0.0891 e. The van der Waals surface area contributed by atoms with E-state index in [1.165, 1.54) is 83.5 Å². The lowest BCUT2D eigenvalue weighted by Gasteiger charge is -2.25. The highest BCUT2D eigenvalue weighted by Gasteiger charge is 2.18. The summed E-state index contributed by atoms with van der Waals surface area (Å²) in [7, 11) is 0. The molecular formula is C16H31Br. The Balaban J connectivity index is 1.83. The van der Waals surface area contributed by atoms with Crippen LogP contribution in [0.2, 0.25) is 0 Å². The van der Waals surface area contributed by atoms with Crippen molar-refractivity contribution in [3.63, 3.8) is 0 Å². The average Bonchev–Trinajstić information content (AvgIpc) is 2.33. The number of hydrogen-bond donors (Lipinski definition) is 0.